The molecule has 0 radical (unpaired) electrons. The number of aryl methyl sites for hydroxylation is 1. The zero-order valence-electron chi connectivity index (χ0n) is 8.17. The third-order valence-electron chi connectivity index (χ3n) is 2.51. The maximum absolute atomic E-state index is 8.77. The molecule has 1 heterocycles. The molecule has 0 bridgehead atoms. The van der Waals surface area contributed by atoms with Gasteiger partial charge in [0.1, 0.15) is 0 Å². The van der Waals surface area contributed by atoms with E-state index >= 15 is 0 Å². The molecule has 2 rings (SSSR count). The van der Waals surface area contributed by atoms with Gasteiger partial charge in [-0.05, 0) is 24.6 Å². The lowest BCUT2D eigenvalue weighted by atomic mass is 10.1. The van der Waals surface area contributed by atoms with Crippen LogP contribution in [-0.2, 0) is 0 Å². The maximum Gasteiger partial charge on any atom is 0.0992 e. The van der Waals surface area contributed by atoms with Crippen LogP contribution in [0.15, 0.2) is 18.2 Å². The maximum atomic E-state index is 8.77. The highest BCUT2D eigenvalue weighted by molar-refractivity contribution is 5.56. The van der Waals surface area contributed by atoms with Crippen molar-refractivity contribution >= 4 is 5.69 Å². The van der Waals surface area contributed by atoms with Crippen molar-refractivity contribution in [2.45, 2.75) is 13.0 Å². The highest BCUT2D eigenvalue weighted by atomic mass is 15.1. The van der Waals surface area contributed by atoms with Crippen molar-refractivity contribution in [2.24, 2.45) is 0 Å². The molecule has 1 aliphatic rings. The second kappa shape index (κ2) is 3.69. The molecule has 0 saturated carbocycles. The smallest absolute Gasteiger partial charge is 0.0992 e. The number of anilines is 1. The summed E-state index contributed by atoms with van der Waals surface area (Å²) in [5.41, 5.74) is 2.98. The summed E-state index contributed by atoms with van der Waals surface area (Å²) < 4.78 is 0. The van der Waals surface area contributed by atoms with Gasteiger partial charge in [0.2, 0.25) is 0 Å². The van der Waals surface area contributed by atoms with Crippen LogP contribution in [0.4, 0.5) is 5.69 Å². The van der Waals surface area contributed by atoms with Crippen LogP contribution in [0.5, 0.6) is 0 Å². The van der Waals surface area contributed by atoms with Crippen LogP contribution in [0.2, 0.25) is 0 Å². The first kappa shape index (κ1) is 9.04. The largest absolute Gasteiger partial charge is 0.379 e. The van der Waals surface area contributed by atoms with Crippen molar-refractivity contribution in [1.82, 2.24) is 5.32 Å². The summed E-state index contributed by atoms with van der Waals surface area (Å²) in [5, 5.41) is 15.4. The van der Waals surface area contributed by atoms with Crippen molar-refractivity contribution in [3.8, 4) is 6.07 Å². The lowest BCUT2D eigenvalue weighted by molar-refractivity contribution is 0.472. The summed E-state index contributed by atoms with van der Waals surface area (Å²) in [6.45, 7) is 4.07. The van der Waals surface area contributed by atoms with Crippen molar-refractivity contribution in [2.75, 3.05) is 18.4 Å². The molecule has 3 nitrogen and oxygen atoms in total. The number of nitrogens with zero attached hydrogens (tertiary/aromatic N) is 1. The van der Waals surface area contributed by atoms with Crippen molar-refractivity contribution < 1.29 is 0 Å². The zero-order chi connectivity index (χ0) is 9.97. The molecule has 0 aliphatic carbocycles. The molecule has 0 amide bonds. The van der Waals surface area contributed by atoms with Gasteiger partial charge in [-0.25, -0.2) is 0 Å². The van der Waals surface area contributed by atoms with Crippen LogP contribution in [0.25, 0.3) is 0 Å². The molecule has 0 atom stereocenters. The topological polar surface area (TPSA) is 47.9 Å². The van der Waals surface area contributed by atoms with Crippen LogP contribution in [0.3, 0.4) is 0 Å². The fourth-order valence-corrected chi connectivity index (χ4v) is 1.46. The minimum Gasteiger partial charge on any atom is -0.379 e. The predicted molar refractivity (Wildman–Crippen MR) is 56.2 cm³/mol. The first-order valence-electron chi connectivity index (χ1n) is 4.77. The van der Waals surface area contributed by atoms with E-state index in [2.05, 4.69) is 23.6 Å². The first-order chi connectivity index (χ1) is 6.79. The quantitative estimate of drug-likeness (QED) is 0.732. The highest BCUT2D eigenvalue weighted by Gasteiger charge is 2.16. The van der Waals surface area contributed by atoms with Crippen LogP contribution < -0.4 is 10.6 Å². The molecule has 3 heteroatoms. The third kappa shape index (κ3) is 1.70. The van der Waals surface area contributed by atoms with E-state index in [1.54, 1.807) is 0 Å². The van der Waals surface area contributed by atoms with Crippen LogP contribution in [0, 0.1) is 18.3 Å². The SMILES string of the molecule is Cc1ccc(C#N)cc1NC1CNC1. The molecule has 0 aromatic heterocycles. The van der Waals surface area contributed by atoms with Gasteiger partial charge >= 0.3 is 0 Å². The normalized spacial score (nSPS) is 15.7. The number of hydrogen-bond donors (Lipinski definition) is 2. The Morgan fingerprint density at radius 3 is 2.86 bits per heavy atom. The Bertz CT molecular complexity index is 375. The fraction of sp³-hybridized carbons (Fsp3) is 0.364. The number of benzene rings is 1. The number of nitriles is 1. The third-order valence-corrected chi connectivity index (χ3v) is 2.51. The van der Waals surface area contributed by atoms with E-state index in [-0.39, 0.29) is 0 Å². The summed E-state index contributed by atoms with van der Waals surface area (Å²) in [5.74, 6) is 0. The van der Waals surface area contributed by atoms with Gasteiger partial charge in [-0.2, -0.15) is 5.26 Å². The molecule has 0 unspecified atom stereocenters. The van der Waals surface area contributed by atoms with Gasteiger partial charge in [-0.15, -0.1) is 0 Å². The molecule has 1 aromatic carbocycles. The van der Waals surface area contributed by atoms with Crippen molar-refractivity contribution in [1.29, 1.82) is 5.26 Å². The summed E-state index contributed by atoms with van der Waals surface area (Å²) >= 11 is 0. The van der Waals surface area contributed by atoms with E-state index in [0.29, 0.717) is 11.6 Å². The Hall–Kier alpha value is -1.53. The van der Waals surface area contributed by atoms with Gasteiger partial charge in [0.25, 0.3) is 0 Å². The lowest BCUT2D eigenvalue weighted by Gasteiger charge is -2.29. The Morgan fingerprint density at radius 1 is 1.50 bits per heavy atom. The summed E-state index contributed by atoms with van der Waals surface area (Å²) in [7, 11) is 0. The van der Waals surface area contributed by atoms with E-state index in [1.807, 2.05) is 18.2 Å². The predicted octanol–water partition coefficient (Wildman–Crippen LogP) is 1.25. The minimum atomic E-state index is 0.516. The molecule has 1 saturated heterocycles. The first-order valence-corrected chi connectivity index (χ1v) is 4.77. The molecular weight excluding hydrogens is 174 g/mol. The van der Waals surface area contributed by atoms with Gasteiger partial charge in [0, 0.05) is 18.8 Å². The van der Waals surface area contributed by atoms with E-state index in [4.69, 9.17) is 5.26 Å². The van der Waals surface area contributed by atoms with Crippen LogP contribution >= 0.6 is 0 Å². The van der Waals surface area contributed by atoms with E-state index in [0.717, 1.165) is 18.8 Å². The standard InChI is InChI=1S/C11H13N3/c1-8-2-3-9(5-12)4-11(8)14-10-6-13-7-10/h2-4,10,13-14H,6-7H2,1H3. The lowest BCUT2D eigenvalue weighted by Crippen LogP contribution is -2.51. The van der Waals surface area contributed by atoms with Crippen molar-refractivity contribution in [3.63, 3.8) is 0 Å². The Balaban J connectivity index is 2.18. The second-order valence-corrected chi connectivity index (χ2v) is 3.64. The Morgan fingerprint density at radius 2 is 2.29 bits per heavy atom. The molecule has 1 fully saturated rings. The molecule has 0 spiro atoms. The van der Waals surface area contributed by atoms with Gasteiger partial charge in [0.15, 0.2) is 0 Å². The monoisotopic (exact) mass is 187 g/mol. The molecule has 14 heavy (non-hydrogen) atoms. The average molecular weight is 187 g/mol. The summed E-state index contributed by atoms with van der Waals surface area (Å²) in [6.07, 6.45) is 0. The Kier molecular flexibility index (Phi) is 2.38. The molecular formula is C11H13N3. The van der Waals surface area contributed by atoms with Gasteiger partial charge in [-0.1, -0.05) is 6.07 Å². The van der Waals surface area contributed by atoms with Crippen LogP contribution in [-0.4, -0.2) is 19.1 Å². The van der Waals surface area contributed by atoms with Gasteiger partial charge < -0.3 is 10.6 Å². The van der Waals surface area contributed by atoms with Crippen molar-refractivity contribution in [3.05, 3.63) is 29.3 Å². The summed E-state index contributed by atoms with van der Waals surface area (Å²) in [4.78, 5) is 0. The van der Waals surface area contributed by atoms with Gasteiger partial charge in [-0.3, -0.25) is 0 Å². The zero-order valence-corrected chi connectivity index (χ0v) is 8.17. The average Bonchev–Trinajstić information content (AvgIpc) is 2.14. The number of rotatable bonds is 2. The molecule has 1 aromatic rings. The molecule has 72 valence electrons. The molecule has 1 aliphatic heterocycles. The van der Waals surface area contributed by atoms with Gasteiger partial charge in [0.05, 0.1) is 17.7 Å². The Labute approximate surface area is 83.7 Å². The summed E-state index contributed by atoms with van der Waals surface area (Å²) in [6, 6.07) is 8.40. The minimum absolute atomic E-state index is 0.516. The van der Waals surface area contributed by atoms with Crippen LogP contribution in [0.1, 0.15) is 11.1 Å². The number of hydrogen-bond acceptors (Lipinski definition) is 3. The second-order valence-electron chi connectivity index (χ2n) is 3.64. The fourth-order valence-electron chi connectivity index (χ4n) is 1.46. The van der Waals surface area contributed by atoms with E-state index in [9.17, 15) is 0 Å². The highest BCUT2D eigenvalue weighted by Crippen LogP contribution is 2.18. The molecule has 2 N–H and O–H groups in total. The number of nitrogens with one attached hydrogen (secondary N) is 2. The van der Waals surface area contributed by atoms with E-state index < -0.39 is 0 Å². The van der Waals surface area contributed by atoms with E-state index in [1.165, 1.54) is 5.56 Å².